The van der Waals surface area contributed by atoms with Crippen LogP contribution in [0.1, 0.15) is 42.3 Å². The van der Waals surface area contributed by atoms with Crippen molar-refractivity contribution in [2.45, 2.75) is 50.8 Å². The number of pyridine rings is 1. The Balaban J connectivity index is 1.62. The summed E-state index contributed by atoms with van der Waals surface area (Å²) in [6.45, 7) is 3.81. The molecule has 0 aliphatic carbocycles. The lowest BCUT2D eigenvalue weighted by atomic mass is 10.1. The summed E-state index contributed by atoms with van der Waals surface area (Å²) in [5, 5.41) is 5.33. The molecule has 0 fully saturated rings. The second kappa shape index (κ2) is 9.20. The van der Waals surface area contributed by atoms with Gasteiger partial charge in [0.2, 0.25) is 10.0 Å². The Kier molecular flexibility index (Phi) is 6.85. The Bertz CT molecular complexity index is 1210. The SMILES string of the molecule is CCc1cc(-c2ccc(CCCCc3ccc(Cl)c(S(N)(=O)=O)c3)o2)c(C)[nH]c1=O. The Labute approximate surface area is 181 Å². The molecule has 6 nitrogen and oxygen atoms in total. The molecule has 2 heterocycles. The number of unbranched alkanes of at least 4 members (excludes halogenated alkanes) is 1. The van der Waals surface area contributed by atoms with Gasteiger partial charge in [0.25, 0.3) is 5.56 Å². The van der Waals surface area contributed by atoms with Gasteiger partial charge in [-0.3, -0.25) is 4.79 Å². The number of nitrogens with two attached hydrogens (primary N) is 1. The van der Waals surface area contributed by atoms with Gasteiger partial charge in [-0.25, -0.2) is 13.6 Å². The van der Waals surface area contributed by atoms with Crippen molar-refractivity contribution < 1.29 is 12.8 Å². The predicted octanol–water partition coefficient (Wildman–Crippen LogP) is 4.37. The van der Waals surface area contributed by atoms with Crippen molar-refractivity contribution in [3.63, 3.8) is 0 Å². The maximum atomic E-state index is 11.9. The molecule has 0 saturated carbocycles. The topological polar surface area (TPSA) is 106 Å². The number of rotatable bonds is 8. The molecule has 0 saturated heterocycles. The number of sulfonamides is 1. The van der Waals surface area contributed by atoms with Crippen LogP contribution in [0.2, 0.25) is 5.02 Å². The third-order valence-electron chi connectivity index (χ3n) is 5.06. The van der Waals surface area contributed by atoms with Crippen LogP contribution in [0.3, 0.4) is 0 Å². The van der Waals surface area contributed by atoms with Gasteiger partial charge in [0, 0.05) is 23.2 Å². The molecule has 160 valence electrons. The second-order valence-electron chi connectivity index (χ2n) is 7.30. The van der Waals surface area contributed by atoms with Gasteiger partial charge in [-0.15, -0.1) is 0 Å². The van der Waals surface area contributed by atoms with Crippen LogP contribution >= 0.6 is 11.6 Å². The van der Waals surface area contributed by atoms with Crippen LogP contribution in [0, 0.1) is 6.92 Å². The fraction of sp³-hybridized carbons (Fsp3) is 0.318. The maximum absolute atomic E-state index is 11.9. The highest BCUT2D eigenvalue weighted by Gasteiger charge is 2.14. The summed E-state index contributed by atoms with van der Waals surface area (Å²) in [5.74, 6) is 1.61. The molecule has 3 rings (SSSR count). The molecule has 0 unspecified atom stereocenters. The van der Waals surface area contributed by atoms with Crippen molar-refractivity contribution in [2.75, 3.05) is 0 Å². The highest BCUT2D eigenvalue weighted by atomic mass is 35.5. The molecule has 0 amide bonds. The van der Waals surface area contributed by atoms with E-state index < -0.39 is 10.0 Å². The smallest absolute Gasteiger partial charge is 0.251 e. The number of aromatic amines is 1. The average Bonchev–Trinajstić information content (AvgIpc) is 3.14. The molecule has 2 aromatic heterocycles. The Morgan fingerprint density at radius 2 is 1.83 bits per heavy atom. The van der Waals surface area contributed by atoms with Crippen LogP contribution in [-0.2, 0) is 29.3 Å². The number of primary sulfonamides is 1. The number of nitrogens with one attached hydrogen (secondary N) is 1. The molecule has 0 aliphatic rings. The quantitative estimate of drug-likeness (QED) is 0.499. The summed E-state index contributed by atoms with van der Waals surface area (Å²) < 4.78 is 29.2. The van der Waals surface area contributed by atoms with Crippen LogP contribution in [0.5, 0.6) is 0 Å². The molecule has 0 atom stereocenters. The highest BCUT2D eigenvalue weighted by molar-refractivity contribution is 7.89. The summed E-state index contributed by atoms with van der Waals surface area (Å²) in [6, 6.07) is 10.7. The zero-order chi connectivity index (χ0) is 21.9. The van der Waals surface area contributed by atoms with Gasteiger partial charge in [0.1, 0.15) is 16.4 Å². The first-order valence-electron chi connectivity index (χ1n) is 9.82. The summed E-state index contributed by atoms with van der Waals surface area (Å²) in [7, 11) is -3.83. The van der Waals surface area contributed by atoms with E-state index in [1.54, 1.807) is 6.07 Å². The van der Waals surface area contributed by atoms with Crippen molar-refractivity contribution in [1.29, 1.82) is 0 Å². The van der Waals surface area contributed by atoms with Gasteiger partial charge in [0.05, 0.1) is 5.02 Å². The van der Waals surface area contributed by atoms with E-state index in [2.05, 4.69) is 4.98 Å². The standard InChI is InChI=1S/C22H25ClN2O4S/c1-3-16-13-18(14(2)25-22(16)26)20-11-9-17(29-20)7-5-4-6-15-8-10-19(23)21(12-15)30(24,27)28/h8-13H,3-7H2,1-2H3,(H,25,26)(H2,24,27,28). The zero-order valence-corrected chi connectivity index (χ0v) is 18.6. The summed E-state index contributed by atoms with van der Waals surface area (Å²) >= 11 is 5.92. The summed E-state index contributed by atoms with van der Waals surface area (Å²) in [6.07, 6.45) is 3.88. The maximum Gasteiger partial charge on any atom is 0.251 e. The number of halogens is 1. The first-order valence-corrected chi connectivity index (χ1v) is 11.7. The second-order valence-corrected chi connectivity index (χ2v) is 9.24. The monoisotopic (exact) mass is 448 g/mol. The van der Waals surface area contributed by atoms with Crippen molar-refractivity contribution in [1.82, 2.24) is 4.98 Å². The van der Waals surface area contributed by atoms with E-state index in [4.69, 9.17) is 21.2 Å². The van der Waals surface area contributed by atoms with Gasteiger partial charge in [-0.2, -0.15) is 0 Å². The van der Waals surface area contributed by atoms with Gasteiger partial charge in [-0.05, 0) is 68.5 Å². The van der Waals surface area contributed by atoms with Gasteiger partial charge in [-0.1, -0.05) is 24.6 Å². The fourth-order valence-corrected chi connectivity index (χ4v) is 4.49. The van der Waals surface area contributed by atoms with E-state index in [9.17, 15) is 13.2 Å². The molecule has 30 heavy (non-hydrogen) atoms. The van der Waals surface area contributed by atoms with Crippen molar-refractivity contribution in [3.05, 3.63) is 74.4 Å². The number of furan rings is 1. The van der Waals surface area contributed by atoms with Crippen LogP contribution < -0.4 is 10.7 Å². The summed E-state index contributed by atoms with van der Waals surface area (Å²) in [5.41, 5.74) is 3.23. The Morgan fingerprint density at radius 3 is 2.53 bits per heavy atom. The number of aryl methyl sites for hydroxylation is 4. The first-order chi connectivity index (χ1) is 14.2. The number of aromatic nitrogens is 1. The van der Waals surface area contributed by atoms with Crippen molar-refractivity contribution in [3.8, 4) is 11.3 Å². The molecule has 0 spiro atoms. The molecule has 1 aromatic carbocycles. The van der Waals surface area contributed by atoms with Gasteiger partial charge < -0.3 is 9.40 Å². The lowest BCUT2D eigenvalue weighted by molar-refractivity contribution is 0.509. The average molecular weight is 449 g/mol. The number of H-pyrrole nitrogens is 1. The molecule has 0 aliphatic heterocycles. The molecule has 0 radical (unpaired) electrons. The predicted molar refractivity (Wildman–Crippen MR) is 118 cm³/mol. The normalized spacial score (nSPS) is 11.7. The van der Waals surface area contributed by atoms with Crippen LogP contribution in [0.25, 0.3) is 11.3 Å². The van der Waals surface area contributed by atoms with E-state index in [1.807, 2.05) is 38.1 Å². The number of benzene rings is 1. The van der Waals surface area contributed by atoms with Crippen molar-refractivity contribution in [2.24, 2.45) is 5.14 Å². The number of hydrogen-bond donors (Lipinski definition) is 2. The lowest BCUT2D eigenvalue weighted by Gasteiger charge is -2.06. The third kappa shape index (κ3) is 5.22. The van der Waals surface area contributed by atoms with E-state index in [-0.39, 0.29) is 15.5 Å². The minimum absolute atomic E-state index is 0.0416. The fourth-order valence-electron chi connectivity index (χ4n) is 3.39. The van der Waals surface area contributed by atoms with E-state index in [0.29, 0.717) is 12.8 Å². The first kappa shape index (κ1) is 22.3. The highest BCUT2D eigenvalue weighted by Crippen LogP contribution is 2.26. The Morgan fingerprint density at radius 1 is 1.10 bits per heavy atom. The van der Waals surface area contributed by atoms with E-state index in [0.717, 1.165) is 53.2 Å². The van der Waals surface area contributed by atoms with Crippen LogP contribution in [-0.4, -0.2) is 13.4 Å². The minimum Gasteiger partial charge on any atom is -0.461 e. The summed E-state index contributed by atoms with van der Waals surface area (Å²) in [4.78, 5) is 14.7. The van der Waals surface area contributed by atoms with Crippen molar-refractivity contribution >= 4 is 21.6 Å². The number of hydrogen-bond acceptors (Lipinski definition) is 4. The van der Waals surface area contributed by atoms with E-state index >= 15 is 0 Å². The molecule has 8 heteroatoms. The van der Waals surface area contributed by atoms with Crippen LogP contribution in [0.4, 0.5) is 0 Å². The molecule has 0 bridgehead atoms. The molecular formula is C22H25ClN2O4S. The lowest BCUT2D eigenvalue weighted by Crippen LogP contribution is -2.13. The van der Waals surface area contributed by atoms with Gasteiger partial charge >= 0.3 is 0 Å². The minimum atomic E-state index is -3.83. The third-order valence-corrected chi connectivity index (χ3v) is 6.46. The molecule has 3 N–H and O–H groups in total. The Hall–Kier alpha value is -2.35. The van der Waals surface area contributed by atoms with E-state index in [1.165, 1.54) is 6.07 Å². The molecule has 3 aromatic rings. The largest absolute Gasteiger partial charge is 0.461 e. The molecular weight excluding hydrogens is 424 g/mol. The zero-order valence-electron chi connectivity index (χ0n) is 17.0. The van der Waals surface area contributed by atoms with Gasteiger partial charge in [0.15, 0.2) is 0 Å². The van der Waals surface area contributed by atoms with Crippen LogP contribution in [0.15, 0.2) is 50.5 Å².